The molecule has 0 spiro atoms. The van der Waals surface area contributed by atoms with Crippen molar-refractivity contribution in [2.75, 3.05) is 26.2 Å². The molecule has 1 aliphatic heterocycles. The molecule has 0 aliphatic carbocycles. The number of benzene rings is 1. The van der Waals surface area contributed by atoms with E-state index < -0.39 is 4.92 Å². The lowest BCUT2D eigenvalue weighted by Gasteiger charge is -2.26. The first kappa shape index (κ1) is 13.2. The first-order chi connectivity index (χ1) is 9.18. The van der Waals surface area contributed by atoms with Gasteiger partial charge in [0.1, 0.15) is 0 Å². The number of nitrogens with zero attached hydrogens (tertiary/aromatic N) is 2. The molecule has 0 saturated carbocycles. The Morgan fingerprint density at radius 1 is 1.26 bits per heavy atom. The molecule has 0 aromatic heterocycles. The van der Waals surface area contributed by atoms with E-state index in [1.54, 1.807) is 35.2 Å². The first-order valence-electron chi connectivity index (χ1n) is 6.09. The Morgan fingerprint density at radius 3 is 2.47 bits per heavy atom. The summed E-state index contributed by atoms with van der Waals surface area (Å²) in [6, 6.07) is 8.45. The van der Waals surface area contributed by atoms with Gasteiger partial charge in [-0.05, 0) is 12.1 Å². The summed E-state index contributed by atoms with van der Waals surface area (Å²) in [6.07, 6.45) is 1.11. The number of hydrogen-bond acceptors (Lipinski definition) is 4. The van der Waals surface area contributed by atoms with Crippen LogP contribution in [0.3, 0.4) is 0 Å². The normalized spacial score (nSPS) is 16.2. The Morgan fingerprint density at radius 2 is 1.89 bits per heavy atom. The van der Waals surface area contributed by atoms with E-state index in [-0.39, 0.29) is 11.6 Å². The van der Waals surface area contributed by atoms with E-state index in [9.17, 15) is 14.9 Å². The fourth-order valence-corrected chi connectivity index (χ4v) is 1.94. The van der Waals surface area contributed by atoms with Crippen LogP contribution in [0.15, 0.2) is 36.4 Å². The molecule has 2 rings (SSSR count). The topological polar surface area (TPSA) is 75.5 Å². The van der Waals surface area contributed by atoms with E-state index in [0.717, 1.165) is 19.2 Å². The van der Waals surface area contributed by atoms with Crippen LogP contribution in [0.5, 0.6) is 0 Å². The van der Waals surface area contributed by atoms with Crippen LogP contribution in [-0.2, 0) is 4.79 Å². The minimum absolute atomic E-state index is 0.163. The van der Waals surface area contributed by atoms with Gasteiger partial charge in [-0.15, -0.1) is 0 Å². The Hall–Kier alpha value is -2.21. The second kappa shape index (κ2) is 6.10. The lowest BCUT2D eigenvalue weighted by molar-refractivity contribution is -0.375. The van der Waals surface area contributed by atoms with Crippen molar-refractivity contribution in [2.45, 2.75) is 0 Å². The molecule has 0 bridgehead atoms. The number of hydrogen-bond donors (Lipinski definition) is 1. The Kier molecular flexibility index (Phi) is 4.25. The molecule has 6 nitrogen and oxygen atoms in total. The number of piperazine rings is 1. The maximum atomic E-state index is 12.0. The van der Waals surface area contributed by atoms with Crippen molar-refractivity contribution in [3.05, 3.63) is 52.1 Å². The van der Waals surface area contributed by atoms with Gasteiger partial charge in [-0.3, -0.25) is 14.9 Å². The van der Waals surface area contributed by atoms with Gasteiger partial charge < -0.3 is 10.2 Å². The zero-order chi connectivity index (χ0) is 13.7. The van der Waals surface area contributed by atoms with E-state index in [1.807, 2.05) is 0 Å². The molecule has 1 fully saturated rings. The molecule has 1 N–H and O–H groups in total. The Balaban J connectivity index is 2.21. The van der Waals surface area contributed by atoms with Crippen molar-refractivity contribution in [1.29, 1.82) is 0 Å². The van der Waals surface area contributed by atoms with E-state index in [2.05, 4.69) is 5.32 Å². The summed E-state index contributed by atoms with van der Waals surface area (Å²) >= 11 is 0. The summed E-state index contributed by atoms with van der Waals surface area (Å²) in [5, 5.41) is 14.2. The second-order valence-corrected chi connectivity index (χ2v) is 4.23. The van der Waals surface area contributed by atoms with Crippen molar-refractivity contribution >= 4 is 11.6 Å². The van der Waals surface area contributed by atoms with Gasteiger partial charge in [0.05, 0.1) is 16.6 Å². The van der Waals surface area contributed by atoms with Gasteiger partial charge in [-0.25, -0.2) is 0 Å². The average molecular weight is 261 g/mol. The zero-order valence-corrected chi connectivity index (χ0v) is 10.4. The van der Waals surface area contributed by atoms with Gasteiger partial charge in [0.2, 0.25) is 0 Å². The SMILES string of the molecule is O=C(C=C(c1ccccc1)[N+](=O)[O-])N1CCNCC1. The molecule has 19 heavy (non-hydrogen) atoms. The van der Waals surface area contributed by atoms with Gasteiger partial charge in [0, 0.05) is 26.2 Å². The molecule has 1 aliphatic rings. The van der Waals surface area contributed by atoms with Crippen LogP contribution in [0.2, 0.25) is 0 Å². The van der Waals surface area contributed by atoms with Crippen LogP contribution in [0.4, 0.5) is 0 Å². The van der Waals surface area contributed by atoms with Crippen molar-refractivity contribution in [1.82, 2.24) is 10.2 Å². The third-order valence-electron chi connectivity index (χ3n) is 2.96. The van der Waals surface area contributed by atoms with E-state index in [1.165, 1.54) is 0 Å². The van der Waals surface area contributed by atoms with Crippen molar-refractivity contribution < 1.29 is 9.72 Å². The highest BCUT2D eigenvalue weighted by atomic mass is 16.6. The molecule has 1 heterocycles. The lowest BCUT2D eigenvalue weighted by atomic mass is 10.1. The minimum atomic E-state index is -0.518. The number of nitrogens with one attached hydrogen (secondary N) is 1. The Labute approximate surface area is 110 Å². The maximum Gasteiger partial charge on any atom is 0.282 e. The van der Waals surface area contributed by atoms with Crippen LogP contribution in [0, 0.1) is 10.1 Å². The minimum Gasteiger partial charge on any atom is -0.336 e. The predicted octanol–water partition coefficient (Wildman–Crippen LogP) is 0.736. The van der Waals surface area contributed by atoms with Gasteiger partial charge in [0.25, 0.3) is 11.6 Å². The second-order valence-electron chi connectivity index (χ2n) is 4.23. The summed E-state index contributed by atoms with van der Waals surface area (Å²) in [6.45, 7) is 2.60. The van der Waals surface area contributed by atoms with Crippen LogP contribution in [0.1, 0.15) is 5.56 Å². The van der Waals surface area contributed by atoms with Crippen LogP contribution >= 0.6 is 0 Å². The molecule has 0 radical (unpaired) electrons. The third kappa shape index (κ3) is 3.38. The molecule has 0 unspecified atom stereocenters. The average Bonchev–Trinajstić information content (AvgIpc) is 2.46. The van der Waals surface area contributed by atoms with Crippen LogP contribution in [0.25, 0.3) is 5.70 Å². The number of amides is 1. The van der Waals surface area contributed by atoms with Gasteiger partial charge in [-0.1, -0.05) is 18.2 Å². The zero-order valence-electron chi connectivity index (χ0n) is 10.4. The molecule has 0 atom stereocenters. The summed E-state index contributed by atoms with van der Waals surface area (Å²) in [5.74, 6) is -0.308. The first-order valence-corrected chi connectivity index (χ1v) is 6.09. The number of nitro groups is 1. The molecule has 1 aromatic rings. The highest BCUT2D eigenvalue weighted by molar-refractivity contribution is 5.93. The van der Waals surface area contributed by atoms with Crippen LogP contribution in [-0.4, -0.2) is 41.9 Å². The third-order valence-corrected chi connectivity index (χ3v) is 2.96. The molecule has 100 valence electrons. The largest absolute Gasteiger partial charge is 0.336 e. The molecular formula is C13H15N3O3. The fraction of sp³-hybridized carbons (Fsp3) is 0.308. The lowest BCUT2D eigenvalue weighted by Crippen LogP contribution is -2.46. The van der Waals surface area contributed by atoms with Crippen LogP contribution < -0.4 is 5.32 Å². The smallest absolute Gasteiger partial charge is 0.282 e. The molecule has 1 amide bonds. The monoisotopic (exact) mass is 261 g/mol. The predicted molar refractivity (Wildman–Crippen MR) is 70.9 cm³/mol. The molecule has 1 saturated heterocycles. The summed E-state index contributed by atoms with van der Waals surface area (Å²) in [7, 11) is 0. The van der Waals surface area contributed by atoms with Gasteiger partial charge >= 0.3 is 0 Å². The van der Waals surface area contributed by atoms with E-state index in [0.29, 0.717) is 18.7 Å². The van der Waals surface area contributed by atoms with E-state index in [4.69, 9.17) is 0 Å². The highest BCUT2D eigenvalue weighted by Crippen LogP contribution is 2.15. The number of rotatable bonds is 3. The van der Waals surface area contributed by atoms with E-state index >= 15 is 0 Å². The summed E-state index contributed by atoms with van der Waals surface area (Å²) < 4.78 is 0. The summed E-state index contributed by atoms with van der Waals surface area (Å²) in [5.41, 5.74) is 0.278. The Bertz CT molecular complexity index is 493. The van der Waals surface area contributed by atoms with Crippen molar-refractivity contribution in [2.24, 2.45) is 0 Å². The number of carbonyl (C=O) groups is 1. The van der Waals surface area contributed by atoms with Crippen molar-refractivity contribution in [3.8, 4) is 0 Å². The highest BCUT2D eigenvalue weighted by Gasteiger charge is 2.20. The maximum absolute atomic E-state index is 12.0. The van der Waals surface area contributed by atoms with Crippen molar-refractivity contribution in [3.63, 3.8) is 0 Å². The standard InChI is InChI=1S/C13H15N3O3/c17-13(15-8-6-14-7-9-15)10-12(16(18)19)11-4-2-1-3-5-11/h1-5,10,14H,6-9H2. The molecule has 1 aromatic carbocycles. The molecular weight excluding hydrogens is 246 g/mol. The quantitative estimate of drug-likeness (QED) is 0.494. The van der Waals surface area contributed by atoms with Gasteiger partial charge in [0.15, 0.2) is 0 Å². The number of carbonyl (C=O) groups excluding carboxylic acids is 1. The van der Waals surface area contributed by atoms with Gasteiger partial charge in [-0.2, -0.15) is 0 Å². The molecule has 6 heteroatoms. The summed E-state index contributed by atoms with van der Waals surface area (Å²) in [4.78, 5) is 24.2. The fourth-order valence-electron chi connectivity index (χ4n) is 1.94.